The first-order valence-corrected chi connectivity index (χ1v) is 9.83. The van der Waals surface area contributed by atoms with Crippen LogP contribution in [0.5, 0.6) is 5.75 Å². The number of benzene rings is 2. The number of para-hydroxylation sites is 2. The lowest BCUT2D eigenvalue weighted by Crippen LogP contribution is -2.51. The van der Waals surface area contributed by atoms with Crippen LogP contribution in [-0.2, 0) is 9.53 Å². The highest BCUT2D eigenvalue weighted by Gasteiger charge is 2.38. The molecule has 1 aliphatic heterocycles. The van der Waals surface area contributed by atoms with Crippen LogP contribution in [0.1, 0.15) is 28.9 Å². The Balaban J connectivity index is 1.96. The summed E-state index contributed by atoms with van der Waals surface area (Å²) >= 11 is 5.29. The van der Waals surface area contributed by atoms with E-state index in [0.717, 1.165) is 5.56 Å². The van der Waals surface area contributed by atoms with Gasteiger partial charge >= 0.3 is 5.97 Å². The normalized spacial score (nSPS) is 18.1. The minimum atomic E-state index is -0.719. The second kappa shape index (κ2) is 9.41. The molecule has 2 aromatic carbocycles. The number of rotatable bonds is 6. The molecule has 30 heavy (non-hydrogen) atoms. The number of amides is 1. The van der Waals surface area contributed by atoms with Crippen molar-refractivity contribution >= 4 is 34.9 Å². The summed E-state index contributed by atoms with van der Waals surface area (Å²) in [6.07, 6.45) is 0. The number of ether oxygens (including phenoxy) is 2. The first-order valence-electron chi connectivity index (χ1n) is 9.42. The van der Waals surface area contributed by atoms with E-state index in [1.807, 2.05) is 31.2 Å². The summed E-state index contributed by atoms with van der Waals surface area (Å²) in [4.78, 5) is 25.4. The molecular weight excluding hydrogens is 402 g/mol. The van der Waals surface area contributed by atoms with E-state index in [1.54, 1.807) is 24.3 Å². The average molecular weight is 426 g/mol. The maximum atomic E-state index is 13.3. The Hall–Kier alpha value is -3.39. The fraction of sp³-hybridized carbons (Fsp3) is 0.227. The van der Waals surface area contributed by atoms with Crippen LogP contribution in [0.2, 0.25) is 0 Å². The maximum absolute atomic E-state index is 13.3. The van der Waals surface area contributed by atoms with E-state index >= 15 is 0 Å². The predicted molar refractivity (Wildman–Crippen MR) is 118 cm³/mol. The summed E-state index contributed by atoms with van der Waals surface area (Å²) in [5.41, 5.74) is 1.85. The van der Waals surface area contributed by atoms with Crippen molar-refractivity contribution in [1.82, 2.24) is 10.6 Å². The van der Waals surface area contributed by atoms with Crippen molar-refractivity contribution in [2.45, 2.75) is 13.0 Å². The second-order valence-electron chi connectivity index (χ2n) is 6.58. The van der Waals surface area contributed by atoms with Gasteiger partial charge in [0.25, 0.3) is 0 Å². The number of hydrogen-bond acceptors (Lipinski definition) is 5. The van der Waals surface area contributed by atoms with Gasteiger partial charge in [0.15, 0.2) is 5.11 Å². The van der Waals surface area contributed by atoms with E-state index in [4.69, 9.17) is 21.7 Å². The summed E-state index contributed by atoms with van der Waals surface area (Å²) in [7, 11) is 1.29. The third-order valence-corrected chi connectivity index (χ3v) is 4.92. The molecule has 3 N–H and O–H groups in total. The van der Waals surface area contributed by atoms with Crippen LogP contribution in [0, 0.1) is 5.92 Å². The molecule has 0 aliphatic carbocycles. The Kier molecular flexibility index (Phi) is 6.68. The van der Waals surface area contributed by atoms with Gasteiger partial charge in [0.1, 0.15) is 11.7 Å². The van der Waals surface area contributed by atoms with Crippen molar-refractivity contribution in [2.24, 2.45) is 5.92 Å². The zero-order chi connectivity index (χ0) is 21.7. The monoisotopic (exact) mass is 425 g/mol. The number of anilines is 1. The Morgan fingerprint density at radius 1 is 1.17 bits per heavy atom. The number of methoxy groups -OCH3 is 1. The fourth-order valence-electron chi connectivity index (χ4n) is 3.37. The minimum Gasteiger partial charge on any atom is -0.494 e. The fourth-order valence-corrected chi connectivity index (χ4v) is 3.63. The number of carbonyl (C=O) groups is 2. The Morgan fingerprint density at radius 2 is 1.87 bits per heavy atom. The molecule has 3 rings (SSSR count). The van der Waals surface area contributed by atoms with Crippen LogP contribution in [0.25, 0.3) is 0 Å². The van der Waals surface area contributed by atoms with Gasteiger partial charge < -0.3 is 25.4 Å². The van der Waals surface area contributed by atoms with Crippen molar-refractivity contribution in [2.75, 3.05) is 19.0 Å². The molecule has 2 aromatic rings. The summed E-state index contributed by atoms with van der Waals surface area (Å²) in [6, 6.07) is 13.6. The van der Waals surface area contributed by atoms with Gasteiger partial charge in [-0.25, -0.2) is 4.79 Å². The molecule has 1 fully saturated rings. The molecule has 8 heteroatoms. The van der Waals surface area contributed by atoms with E-state index in [1.165, 1.54) is 7.11 Å². The zero-order valence-electron chi connectivity index (χ0n) is 16.7. The SMILES string of the molecule is C=C1NC(=S)N[C@@H](c2ccccc2OCC)[C@@H]1C(=O)Nc1ccccc1C(=O)OC. The lowest BCUT2D eigenvalue weighted by molar-refractivity contribution is -0.119. The van der Waals surface area contributed by atoms with Gasteiger partial charge in [0.2, 0.25) is 5.91 Å². The highest BCUT2D eigenvalue weighted by Crippen LogP contribution is 2.35. The number of hydrogen-bond donors (Lipinski definition) is 3. The molecule has 156 valence electrons. The van der Waals surface area contributed by atoms with Crippen LogP contribution >= 0.6 is 12.2 Å². The van der Waals surface area contributed by atoms with Crippen molar-refractivity contribution < 1.29 is 19.1 Å². The van der Waals surface area contributed by atoms with Crippen LogP contribution < -0.4 is 20.7 Å². The van der Waals surface area contributed by atoms with Crippen LogP contribution in [0.4, 0.5) is 5.69 Å². The molecule has 7 nitrogen and oxygen atoms in total. The maximum Gasteiger partial charge on any atom is 0.339 e. The van der Waals surface area contributed by atoms with E-state index in [0.29, 0.717) is 28.9 Å². The number of thiocarbonyl (C=S) groups is 1. The molecule has 1 aliphatic rings. The molecular formula is C22H23N3O4S. The molecule has 1 heterocycles. The van der Waals surface area contributed by atoms with Gasteiger partial charge in [-0.05, 0) is 37.3 Å². The first-order chi connectivity index (χ1) is 14.5. The third-order valence-electron chi connectivity index (χ3n) is 4.70. The molecule has 1 saturated heterocycles. The molecule has 0 bridgehead atoms. The summed E-state index contributed by atoms with van der Waals surface area (Å²) in [5, 5.41) is 9.28. The summed E-state index contributed by atoms with van der Waals surface area (Å²) in [5.74, 6) is -0.953. The number of nitrogens with one attached hydrogen (secondary N) is 3. The number of carbonyl (C=O) groups excluding carboxylic acids is 2. The molecule has 0 spiro atoms. The minimum absolute atomic E-state index is 0.262. The Bertz CT molecular complexity index is 992. The standard InChI is InChI=1S/C22H23N3O4S/c1-4-29-17-12-8-6-10-15(17)19-18(13(2)23-22(30)25-19)20(26)24-16-11-7-5-9-14(16)21(27)28-3/h5-12,18-19H,2,4H2,1,3H3,(H,24,26)(H2,23,25,30)/t18-,19+/m1/s1. The molecule has 0 aromatic heterocycles. The van der Waals surface area contributed by atoms with Gasteiger partial charge in [-0.1, -0.05) is 36.9 Å². The Labute approximate surface area is 180 Å². The summed E-state index contributed by atoms with van der Waals surface area (Å²) in [6.45, 7) is 6.38. The smallest absolute Gasteiger partial charge is 0.339 e. The highest BCUT2D eigenvalue weighted by atomic mass is 32.1. The first kappa shape index (κ1) is 21.3. The van der Waals surface area contributed by atoms with Crippen LogP contribution in [-0.4, -0.2) is 30.7 Å². The molecule has 0 saturated carbocycles. The largest absolute Gasteiger partial charge is 0.494 e. The van der Waals surface area contributed by atoms with Crippen molar-refractivity contribution in [1.29, 1.82) is 0 Å². The lowest BCUT2D eigenvalue weighted by atomic mass is 9.87. The molecule has 0 unspecified atom stereocenters. The van der Waals surface area contributed by atoms with Gasteiger partial charge in [0.05, 0.1) is 31.0 Å². The zero-order valence-corrected chi connectivity index (χ0v) is 17.5. The van der Waals surface area contributed by atoms with Gasteiger partial charge in [0, 0.05) is 11.3 Å². The van der Waals surface area contributed by atoms with E-state index in [-0.39, 0.29) is 11.5 Å². The second-order valence-corrected chi connectivity index (χ2v) is 6.98. The molecule has 2 atom stereocenters. The quantitative estimate of drug-likeness (QED) is 0.484. The summed E-state index contributed by atoms with van der Waals surface area (Å²) < 4.78 is 10.6. The number of esters is 1. The van der Waals surface area contributed by atoms with E-state index in [9.17, 15) is 9.59 Å². The molecule has 0 radical (unpaired) electrons. The van der Waals surface area contributed by atoms with Crippen LogP contribution in [0.3, 0.4) is 0 Å². The van der Waals surface area contributed by atoms with Crippen molar-refractivity contribution in [3.8, 4) is 5.75 Å². The average Bonchev–Trinajstić information content (AvgIpc) is 2.73. The van der Waals surface area contributed by atoms with Gasteiger partial charge in [-0.3, -0.25) is 4.79 Å². The van der Waals surface area contributed by atoms with E-state index < -0.39 is 17.9 Å². The molecule has 1 amide bonds. The van der Waals surface area contributed by atoms with E-state index in [2.05, 4.69) is 22.5 Å². The topological polar surface area (TPSA) is 88.7 Å². The highest BCUT2D eigenvalue weighted by molar-refractivity contribution is 7.80. The lowest BCUT2D eigenvalue weighted by Gasteiger charge is -2.36. The van der Waals surface area contributed by atoms with Gasteiger partial charge in [-0.2, -0.15) is 0 Å². The predicted octanol–water partition coefficient (Wildman–Crippen LogP) is 3.16. The van der Waals surface area contributed by atoms with Crippen LogP contribution in [0.15, 0.2) is 60.8 Å². The van der Waals surface area contributed by atoms with Crippen molar-refractivity contribution in [3.63, 3.8) is 0 Å². The Morgan fingerprint density at radius 3 is 2.60 bits per heavy atom. The van der Waals surface area contributed by atoms with Crippen molar-refractivity contribution in [3.05, 3.63) is 71.9 Å². The van der Waals surface area contributed by atoms with Gasteiger partial charge in [-0.15, -0.1) is 0 Å². The third kappa shape index (κ3) is 4.44.